The van der Waals surface area contributed by atoms with E-state index in [0.29, 0.717) is 44.3 Å². The van der Waals surface area contributed by atoms with Gasteiger partial charge in [-0.25, -0.2) is 4.39 Å². The minimum Gasteiger partial charge on any atom is -0.374 e. The molecule has 0 radical (unpaired) electrons. The Hall–Kier alpha value is -2.21. The van der Waals surface area contributed by atoms with E-state index in [4.69, 9.17) is 4.74 Å². The Morgan fingerprint density at radius 1 is 1.37 bits per heavy atom. The van der Waals surface area contributed by atoms with Crippen molar-refractivity contribution in [1.82, 2.24) is 14.7 Å². The number of morpholine rings is 1. The molecule has 2 heterocycles. The molecule has 0 aliphatic carbocycles. The summed E-state index contributed by atoms with van der Waals surface area (Å²) < 4.78 is 21.0. The van der Waals surface area contributed by atoms with Crippen molar-refractivity contribution < 1.29 is 13.9 Å². The van der Waals surface area contributed by atoms with Crippen LogP contribution in [0.2, 0.25) is 0 Å². The third-order valence-electron chi connectivity index (χ3n) is 4.75. The van der Waals surface area contributed by atoms with Crippen LogP contribution in [-0.2, 0) is 24.1 Å². The summed E-state index contributed by atoms with van der Waals surface area (Å²) in [4.78, 5) is 14.9. The molecule has 146 valence electrons. The van der Waals surface area contributed by atoms with Gasteiger partial charge in [0, 0.05) is 26.1 Å². The Morgan fingerprint density at radius 3 is 2.89 bits per heavy atom. The molecule has 6 heteroatoms. The van der Waals surface area contributed by atoms with Crippen molar-refractivity contribution in [2.24, 2.45) is 5.92 Å². The summed E-state index contributed by atoms with van der Waals surface area (Å²) in [6, 6.07) is 8.46. The average Bonchev–Trinajstić information content (AvgIpc) is 3.03. The number of aryl methyl sites for hydroxylation is 1. The van der Waals surface area contributed by atoms with Gasteiger partial charge >= 0.3 is 0 Å². The van der Waals surface area contributed by atoms with Crippen LogP contribution in [0.15, 0.2) is 30.3 Å². The van der Waals surface area contributed by atoms with Crippen LogP contribution < -0.4 is 0 Å². The van der Waals surface area contributed by atoms with E-state index in [-0.39, 0.29) is 17.8 Å². The van der Waals surface area contributed by atoms with E-state index in [1.165, 1.54) is 12.1 Å². The molecular weight excluding hydrogens is 345 g/mol. The van der Waals surface area contributed by atoms with Crippen LogP contribution in [-0.4, -0.2) is 46.4 Å². The van der Waals surface area contributed by atoms with Crippen LogP contribution in [0.5, 0.6) is 0 Å². The predicted octanol–water partition coefficient (Wildman–Crippen LogP) is 3.32. The Bertz CT molecular complexity index is 787. The lowest BCUT2D eigenvalue weighted by atomic mass is 10.1. The molecule has 0 spiro atoms. The van der Waals surface area contributed by atoms with Crippen LogP contribution in [0, 0.1) is 11.7 Å². The fourth-order valence-corrected chi connectivity index (χ4v) is 3.52. The first-order valence-electron chi connectivity index (χ1n) is 9.68. The topological polar surface area (TPSA) is 47.4 Å². The Morgan fingerprint density at radius 2 is 2.19 bits per heavy atom. The Balaban J connectivity index is 1.70. The first-order chi connectivity index (χ1) is 13.0. The third kappa shape index (κ3) is 4.95. The van der Waals surface area contributed by atoms with Gasteiger partial charge in [-0.3, -0.25) is 9.48 Å². The molecule has 1 aromatic heterocycles. The fourth-order valence-electron chi connectivity index (χ4n) is 3.52. The molecule has 1 aliphatic heterocycles. The van der Waals surface area contributed by atoms with Crippen LogP contribution in [0.1, 0.15) is 42.5 Å². The normalized spacial score (nSPS) is 17.5. The van der Waals surface area contributed by atoms with E-state index >= 15 is 0 Å². The second kappa shape index (κ2) is 8.65. The number of rotatable bonds is 6. The molecule has 2 aromatic rings. The van der Waals surface area contributed by atoms with E-state index in [1.807, 2.05) is 24.0 Å². The summed E-state index contributed by atoms with van der Waals surface area (Å²) in [6.07, 6.45) is 1.32. The second-order valence-corrected chi connectivity index (χ2v) is 7.51. The van der Waals surface area contributed by atoms with Gasteiger partial charge in [-0.05, 0) is 43.0 Å². The Kier molecular flexibility index (Phi) is 6.26. The highest BCUT2D eigenvalue weighted by atomic mass is 19.1. The van der Waals surface area contributed by atoms with Crippen LogP contribution in [0.4, 0.5) is 4.39 Å². The fraction of sp³-hybridized carbons (Fsp3) is 0.524. The molecule has 1 fully saturated rings. The minimum atomic E-state index is -0.249. The number of ether oxygens (including phenoxy) is 1. The lowest BCUT2D eigenvalue weighted by Gasteiger charge is -2.33. The van der Waals surface area contributed by atoms with Crippen molar-refractivity contribution >= 4 is 5.91 Å². The van der Waals surface area contributed by atoms with Crippen LogP contribution in [0.3, 0.4) is 0 Å². The van der Waals surface area contributed by atoms with Crippen LogP contribution >= 0.6 is 0 Å². The number of hydrogen-bond acceptors (Lipinski definition) is 3. The summed E-state index contributed by atoms with van der Waals surface area (Å²) in [6.45, 7) is 8.50. The molecule has 0 N–H and O–H groups in total. The molecule has 1 aromatic carbocycles. The summed E-state index contributed by atoms with van der Waals surface area (Å²) in [5.41, 5.74) is 2.48. The third-order valence-corrected chi connectivity index (χ3v) is 4.75. The number of benzene rings is 1. The zero-order chi connectivity index (χ0) is 19.4. The first kappa shape index (κ1) is 19.5. The van der Waals surface area contributed by atoms with Crippen molar-refractivity contribution in [2.75, 3.05) is 19.7 Å². The number of carbonyl (C=O) groups excluding carboxylic acids is 1. The lowest BCUT2D eigenvalue weighted by Crippen LogP contribution is -2.46. The molecule has 1 saturated heterocycles. The van der Waals surface area contributed by atoms with E-state index in [2.05, 4.69) is 18.9 Å². The highest BCUT2D eigenvalue weighted by Crippen LogP contribution is 2.17. The molecule has 0 bridgehead atoms. The maximum Gasteiger partial charge on any atom is 0.272 e. The molecule has 0 unspecified atom stereocenters. The summed E-state index contributed by atoms with van der Waals surface area (Å²) >= 11 is 0. The van der Waals surface area contributed by atoms with Gasteiger partial charge in [0.15, 0.2) is 0 Å². The van der Waals surface area contributed by atoms with Gasteiger partial charge in [0.2, 0.25) is 0 Å². The summed E-state index contributed by atoms with van der Waals surface area (Å²) in [7, 11) is 0. The number of amides is 1. The number of hydrogen-bond donors (Lipinski definition) is 0. The predicted molar refractivity (Wildman–Crippen MR) is 102 cm³/mol. The molecule has 1 atom stereocenters. The highest BCUT2D eigenvalue weighted by molar-refractivity contribution is 5.92. The maximum absolute atomic E-state index is 13.4. The highest BCUT2D eigenvalue weighted by Gasteiger charge is 2.27. The Labute approximate surface area is 160 Å². The number of halogens is 1. The smallest absolute Gasteiger partial charge is 0.272 e. The largest absolute Gasteiger partial charge is 0.374 e. The van der Waals surface area contributed by atoms with Crippen molar-refractivity contribution in [1.29, 1.82) is 0 Å². The monoisotopic (exact) mass is 373 g/mol. The van der Waals surface area contributed by atoms with Crippen molar-refractivity contribution in [3.05, 3.63) is 53.1 Å². The van der Waals surface area contributed by atoms with Crippen molar-refractivity contribution in [3.8, 4) is 0 Å². The standard InChI is InChI=1S/C21H28FN3O2/c1-4-25-20(13-18(23-25)10-15(2)3)21(26)24-8-9-27-19(14-24)12-16-6-5-7-17(22)11-16/h5-7,11,13,15,19H,4,8-10,12,14H2,1-3H3/t19-/m0/s1. The number of carbonyl (C=O) groups is 1. The minimum absolute atomic E-state index is 0.00750. The molecule has 0 saturated carbocycles. The van der Waals surface area contributed by atoms with Gasteiger partial charge in [0.05, 0.1) is 18.4 Å². The SMILES string of the molecule is CCn1nc(CC(C)C)cc1C(=O)N1CCO[C@@H](Cc2cccc(F)c2)C1. The number of aromatic nitrogens is 2. The first-order valence-corrected chi connectivity index (χ1v) is 9.68. The summed E-state index contributed by atoms with van der Waals surface area (Å²) in [5, 5.41) is 4.58. The van der Waals surface area contributed by atoms with Gasteiger partial charge in [0.25, 0.3) is 5.91 Å². The van der Waals surface area contributed by atoms with Gasteiger partial charge < -0.3 is 9.64 Å². The van der Waals surface area contributed by atoms with E-state index < -0.39 is 0 Å². The van der Waals surface area contributed by atoms with Crippen molar-refractivity contribution in [2.45, 2.75) is 46.3 Å². The molecule has 1 aliphatic rings. The quantitative estimate of drug-likeness (QED) is 0.780. The zero-order valence-electron chi connectivity index (χ0n) is 16.3. The molecule has 3 rings (SSSR count). The van der Waals surface area contributed by atoms with Crippen molar-refractivity contribution in [3.63, 3.8) is 0 Å². The molecule has 27 heavy (non-hydrogen) atoms. The van der Waals surface area contributed by atoms with E-state index in [1.54, 1.807) is 10.7 Å². The maximum atomic E-state index is 13.4. The van der Waals surface area contributed by atoms with Gasteiger partial charge in [-0.1, -0.05) is 26.0 Å². The van der Waals surface area contributed by atoms with E-state index in [0.717, 1.165) is 17.7 Å². The lowest BCUT2D eigenvalue weighted by molar-refractivity contribution is -0.0212. The number of nitrogens with zero attached hydrogens (tertiary/aromatic N) is 3. The summed E-state index contributed by atoms with van der Waals surface area (Å²) in [5.74, 6) is 0.236. The van der Waals surface area contributed by atoms with Gasteiger partial charge in [-0.2, -0.15) is 5.10 Å². The second-order valence-electron chi connectivity index (χ2n) is 7.51. The zero-order valence-corrected chi connectivity index (χ0v) is 16.3. The molecular formula is C21H28FN3O2. The van der Waals surface area contributed by atoms with Crippen LogP contribution in [0.25, 0.3) is 0 Å². The van der Waals surface area contributed by atoms with E-state index in [9.17, 15) is 9.18 Å². The van der Waals surface area contributed by atoms with Gasteiger partial charge in [0.1, 0.15) is 11.5 Å². The molecule has 1 amide bonds. The molecule has 5 nitrogen and oxygen atoms in total. The van der Waals surface area contributed by atoms with Gasteiger partial charge in [-0.15, -0.1) is 0 Å². The average molecular weight is 373 g/mol.